The molecule has 0 amide bonds. The highest BCUT2D eigenvalue weighted by Crippen LogP contribution is 2.35. The van der Waals surface area contributed by atoms with Crippen molar-refractivity contribution < 1.29 is 24.1 Å². The number of pyridine rings is 2. The van der Waals surface area contributed by atoms with Crippen molar-refractivity contribution in [2.24, 2.45) is 0 Å². The fourth-order valence-corrected chi connectivity index (χ4v) is 5.42. The number of rotatable bonds is 9. The molecule has 5 heterocycles. The van der Waals surface area contributed by atoms with Crippen molar-refractivity contribution in [1.82, 2.24) is 19.9 Å². The summed E-state index contributed by atoms with van der Waals surface area (Å²) in [6.07, 6.45) is 1.77. The lowest BCUT2D eigenvalue weighted by Crippen LogP contribution is -2.40. The number of nitrogens with zero attached hydrogens (tertiary/aromatic N) is 5. The summed E-state index contributed by atoms with van der Waals surface area (Å²) in [4.78, 5) is 31.1. The Morgan fingerprint density at radius 1 is 1.11 bits per heavy atom. The highest BCUT2D eigenvalue weighted by atomic mass is 32.1. The fourth-order valence-electron chi connectivity index (χ4n) is 4.47. The molecule has 1 unspecified atom stereocenters. The molecule has 2 aliphatic rings. The number of carbonyl (C=O) groups excluding carboxylic acids is 1. The van der Waals surface area contributed by atoms with Crippen LogP contribution < -0.4 is 10.2 Å². The standard InChI is InChI=1S/C26H32N6O5S/c1-2-37-26(34)23-25(29-21-5-3-4-19(28-21)20(17-33)31-8-12-35-13-9-31)38-24(30-23)18-6-7-22(27-16-18)32-10-14-36-15-11-32/h3-7,16,20,33H,2,8-15,17H2,1H3,(H,28,29). The number of esters is 1. The molecule has 0 aliphatic carbocycles. The molecule has 2 fully saturated rings. The van der Waals surface area contributed by atoms with Crippen LogP contribution in [0.5, 0.6) is 0 Å². The first-order valence-corrected chi connectivity index (χ1v) is 13.6. The second-order valence-corrected chi connectivity index (χ2v) is 9.84. The van der Waals surface area contributed by atoms with E-state index in [1.165, 1.54) is 11.3 Å². The molecule has 12 heteroatoms. The Balaban J connectivity index is 1.39. The zero-order chi connectivity index (χ0) is 26.3. The van der Waals surface area contributed by atoms with Crippen LogP contribution in [0.2, 0.25) is 0 Å². The van der Waals surface area contributed by atoms with E-state index in [1.54, 1.807) is 13.1 Å². The molecule has 202 valence electrons. The molecule has 11 nitrogen and oxygen atoms in total. The number of hydrogen-bond acceptors (Lipinski definition) is 12. The number of anilines is 3. The molecule has 1 atom stereocenters. The molecular formula is C26H32N6O5S. The summed E-state index contributed by atoms with van der Waals surface area (Å²) in [5, 5.41) is 14.5. The lowest BCUT2D eigenvalue weighted by atomic mass is 10.1. The van der Waals surface area contributed by atoms with Crippen molar-refractivity contribution >= 4 is 33.9 Å². The third-order valence-corrected chi connectivity index (χ3v) is 7.46. The maximum atomic E-state index is 12.8. The number of carbonyl (C=O) groups is 1. The Kier molecular flexibility index (Phi) is 8.76. The molecule has 38 heavy (non-hydrogen) atoms. The number of aliphatic hydroxyl groups excluding tert-OH is 1. The zero-order valence-corrected chi connectivity index (χ0v) is 22.2. The van der Waals surface area contributed by atoms with Crippen molar-refractivity contribution in [2.45, 2.75) is 13.0 Å². The van der Waals surface area contributed by atoms with Crippen LogP contribution in [0.15, 0.2) is 36.5 Å². The van der Waals surface area contributed by atoms with E-state index in [0.29, 0.717) is 42.3 Å². The van der Waals surface area contributed by atoms with E-state index in [9.17, 15) is 9.90 Å². The Bertz CT molecular complexity index is 1210. The molecule has 0 aromatic carbocycles. The van der Waals surface area contributed by atoms with E-state index in [-0.39, 0.29) is 24.9 Å². The Hall–Kier alpha value is -3.16. The quantitative estimate of drug-likeness (QED) is 0.390. The van der Waals surface area contributed by atoms with Gasteiger partial charge in [-0.2, -0.15) is 0 Å². The molecule has 0 bridgehead atoms. The monoisotopic (exact) mass is 540 g/mol. The van der Waals surface area contributed by atoms with Gasteiger partial charge in [-0.15, -0.1) is 0 Å². The maximum Gasteiger partial charge on any atom is 0.360 e. The van der Waals surface area contributed by atoms with Gasteiger partial charge in [0, 0.05) is 37.9 Å². The lowest BCUT2D eigenvalue weighted by molar-refractivity contribution is 0.00158. The molecule has 0 spiro atoms. The van der Waals surface area contributed by atoms with Crippen LogP contribution in [0.3, 0.4) is 0 Å². The molecular weight excluding hydrogens is 508 g/mol. The second-order valence-electron chi connectivity index (χ2n) is 8.84. The predicted octanol–water partition coefficient (Wildman–Crippen LogP) is 2.72. The van der Waals surface area contributed by atoms with Gasteiger partial charge in [0.15, 0.2) is 5.69 Å². The average molecular weight is 541 g/mol. The maximum absolute atomic E-state index is 12.8. The minimum Gasteiger partial charge on any atom is -0.461 e. The summed E-state index contributed by atoms with van der Waals surface area (Å²) in [5.41, 5.74) is 1.74. The summed E-state index contributed by atoms with van der Waals surface area (Å²) in [6.45, 7) is 7.66. The predicted molar refractivity (Wildman–Crippen MR) is 144 cm³/mol. The molecule has 2 aliphatic heterocycles. The van der Waals surface area contributed by atoms with E-state index < -0.39 is 5.97 Å². The van der Waals surface area contributed by atoms with E-state index in [2.05, 4.69) is 25.1 Å². The van der Waals surface area contributed by atoms with Gasteiger partial charge in [0.05, 0.1) is 51.4 Å². The van der Waals surface area contributed by atoms with Crippen molar-refractivity contribution in [1.29, 1.82) is 0 Å². The SMILES string of the molecule is CCOC(=O)c1nc(-c2ccc(N3CCOCC3)nc2)sc1Nc1cccc(C(CO)N2CCOCC2)n1. The number of nitrogens with one attached hydrogen (secondary N) is 1. The number of aliphatic hydroxyl groups is 1. The first-order chi connectivity index (χ1) is 18.7. The van der Waals surface area contributed by atoms with Crippen molar-refractivity contribution in [3.63, 3.8) is 0 Å². The topological polar surface area (TPSA) is 122 Å². The summed E-state index contributed by atoms with van der Waals surface area (Å²) < 4.78 is 16.1. The third-order valence-electron chi connectivity index (χ3n) is 6.44. The molecule has 5 rings (SSSR count). The molecule has 3 aromatic heterocycles. The summed E-state index contributed by atoms with van der Waals surface area (Å²) >= 11 is 1.34. The molecule has 0 radical (unpaired) electrons. The van der Waals surface area contributed by atoms with E-state index in [0.717, 1.165) is 43.3 Å². The van der Waals surface area contributed by atoms with Gasteiger partial charge in [-0.3, -0.25) is 4.90 Å². The van der Waals surface area contributed by atoms with Gasteiger partial charge in [-0.1, -0.05) is 17.4 Å². The van der Waals surface area contributed by atoms with Crippen LogP contribution in [0.25, 0.3) is 10.6 Å². The smallest absolute Gasteiger partial charge is 0.360 e. The number of ether oxygens (including phenoxy) is 3. The lowest BCUT2D eigenvalue weighted by Gasteiger charge is -2.33. The van der Waals surface area contributed by atoms with Gasteiger partial charge in [0.25, 0.3) is 0 Å². The Morgan fingerprint density at radius 3 is 2.55 bits per heavy atom. The van der Waals surface area contributed by atoms with Crippen LogP contribution in [0.4, 0.5) is 16.6 Å². The number of aromatic nitrogens is 3. The highest BCUT2D eigenvalue weighted by Gasteiger charge is 2.25. The highest BCUT2D eigenvalue weighted by molar-refractivity contribution is 7.19. The largest absolute Gasteiger partial charge is 0.461 e. The van der Waals surface area contributed by atoms with Crippen LogP contribution in [-0.2, 0) is 14.2 Å². The first-order valence-electron chi connectivity index (χ1n) is 12.8. The minimum atomic E-state index is -0.506. The van der Waals surface area contributed by atoms with Gasteiger partial charge in [-0.05, 0) is 31.2 Å². The average Bonchev–Trinajstić information content (AvgIpc) is 3.39. The third kappa shape index (κ3) is 6.11. The fraction of sp³-hybridized carbons (Fsp3) is 0.462. The van der Waals surface area contributed by atoms with Crippen LogP contribution in [-0.4, -0.2) is 96.7 Å². The van der Waals surface area contributed by atoms with E-state index >= 15 is 0 Å². The van der Waals surface area contributed by atoms with Crippen molar-refractivity contribution in [2.75, 3.05) is 76.0 Å². The van der Waals surface area contributed by atoms with Crippen LogP contribution >= 0.6 is 11.3 Å². The van der Waals surface area contributed by atoms with Gasteiger partial charge >= 0.3 is 5.97 Å². The summed E-state index contributed by atoms with van der Waals surface area (Å²) in [7, 11) is 0. The van der Waals surface area contributed by atoms with Crippen LogP contribution in [0, 0.1) is 0 Å². The van der Waals surface area contributed by atoms with Gasteiger partial charge in [0.2, 0.25) is 0 Å². The number of hydrogen-bond donors (Lipinski definition) is 2. The zero-order valence-electron chi connectivity index (χ0n) is 21.3. The summed E-state index contributed by atoms with van der Waals surface area (Å²) in [5.74, 6) is 0.932. The number of morpholine rings is 2. The van der Waals surface area contributed by atoms with Gasteiger partial charge in [0.1, 0.15) is 21.6 Å². The van der Waals surface area contributed by atoms with Crippen LogP contribution in [0.1, 0.15) is 29.1 Å². The van der Waals surface area contributed by atoms with E-state index in [1.807, 2.05) is 30.3 Å². The molecule has 0 saturated carbocycles. The number of thiazole rings is 1. The Morgan fingerprint density at radius 2 is 1.87 bits per heavy atom. The van der Waals surface area contributed by atoms with Crippen molar-refractivity contribution in [3.05, 3.63) is 47.9 Å². The second kappa shape index (κ2) is 12.6. The van der Waals surface area contributed by atoms with Gasteiger partial charge in [-0.25, -0.2) is 19.7 Å². The molecule has 2 saturated heterocycles. The minimum absolute atomic E-state index is 0.0529. The van der Waals surface area contributed by atoms with Crippen molar-refractivity contribution in [3.8, 4) is 10.6 Å². The van der Waals surface area contributed by atoms with Gasteiger partial charge < -0.3 is 29.5 Å². The molecule has 3 aromatic rings. The van der Waals surface area contributed by atoms with E-state index in [4.69, 9.17) is 19.2 Å². The first kappa shape index (κ1) is 26.4. The summed E-state index contributed by atoms with van der Waals surface area (Å²) in [6, 6.07) is 9.29. The molecule has 2 N–H and O–H groups in total. The normalized spacial score (nSPS) is 17.3. The Labute approximate surface area is 225 Å².